The van der Waals surface area contributed by atoms with Crippen molar-refractivity contribution in [3.8, 4) is 11.1 Å². The second-order valence-electron chi connectivity index (χ2n) is 9.75. The van der Waals surface area contributed by atoms with Crippen LogP contribution in [-0.4, -0.2) is 11.5 Å². The van der Waals surface area contributed by atoms with Gasteiger partial charge in [-0.2, -0.15) is 25.3 Å². The molecule has 2 heterocycles. The monoisotopic (exact) mass is 502 g/mol. The first-order valence-corrected chi connectivity index (χ1v) is 15.3. The van der Waals surface area contributed by atoms with Crippen molar-refractivity contribution in [2.45, 2.75) is 116 Å². The zero-order chi connectivity index (χ0) is 24.1. The average Bonchev–Trinajstić information content (AvgIpc) is 2.87. The Kier molecular flexibility index (Phi) is 17.4. The third-order valence-electron chi connectivity index (χ3n) is 6.76. The van der Waals surface area contributed by atoms with Gasteiger partial charge < -0.3 is 0 Å². The molecule has 0 amide bonds. The molecule has 0 aliphatic carbocycles. The van der Waals surface area contributed by atoms with Gasteiger partial charge in [-0.15, -0.1) is 0 Å². The summed E-state index contributed by atoms with van der Waals surface area (Å²) in [6.45, 7) is 2.26. The fourth-order valence-electron chi connectivity index (χ4n) is 4.53. The minimum Gasteiger partial charge on any atom is -0.205 e. The van der Waals surface area contributed by atoms with Crippen molar-refractivity contribution in [3.05, 3.63) is 49.1 Å². The van der Waals surface area contributed by atoms with Gasteiger partial charge >= 0.3 is 0 Å². The van der Waals surface area contributed by atoms with E-state index < -0.39 is 0 Å². The topological polar surface area (TPSA) is 7.76 Å². The second kappa shape index (κ2) is 20.2. The maximum Gasteiger partial charge on any atom is 0.169 e. The van der Waals surface area contributed by atoms with E-state index in [1.54, 1.807) is 0 Å². The zero-order valence-corrected chi connectivity index (χ0v) is 23.3. The van der Waals surface area contributed by atoms with Gasteiger partial charge in [0.05, 0.1) is 0 Å². The van der Waals surface area contributed by atoms with Gasteiger partial charge in [0.2, 0.25) is 0 Å². The summed E-state index contributed by atoms with van der Waals surface area (Å²) in [5.74, 6) is 2.08. The molecule has 0 saturated carbocycles. The van der Waals surface area contributed by atoms with E-state index >= 15 is 0 Å². The van der Waals surface area contributed by atoms with Crippen molar-refractivity contribution < 1.29 is 9.13 Å². The normalized spacial score (nSPS) is 11.2. The Labute approximate surface area is 221 Å². The molecule has 4 heteroatoms. The highest BCUT2D eigenvalue weighted by Crippen LogP contribution is 2.16. The van der Waals surface area contributed by atoms with E-state index in [9.17, 15) is 0 Å². The standard InChI is InChI=1S/C30H48N2S2/c33-27-15-11-7-3-1-5-9-13-21-31-23-17-29(18-24-31)30-19-25-32(26-20-30)22-14-10-6-2-4-8-12-16-28-34/h17-20,23-26H,1-16,21-22,27-28H2/p+2. The minimum atomic E-state index is 1.04. The number of thiol groups is 2. The molecule has 0 radical (unpaired) electrons. The highest BCUT2D eigenvalue weighted by molar-refractivity contribution is 7.80. The van der Waals surface area contributed by atoms with Gasteiger partial charge in [0.15, 0.2) is 24.8 Å². The fourth-order valence-corrected chi connectivity index (χ4v) is 4.98. The maximum absolute atomic E-state index is 4.28. The number of nitrogens with zero attached hydrogens (tertiary/aromatic N) is 2. The number of rotatable bonds is 21. The molecule has 0 aromatic carbocycles. The van der Waals surface area contributed by atoms with Gasteiger partial charge in [0.25, 0.3) is 0 Å². The Morgan fingerprint density at radius 2 is 0.647 bits per heavy atom. The SMILES string of the molecule is SCCCCCCCCCC[n+]1ccc(-c2cc[n+](CCCCCCCCCCS)cc2)cc1. The van der Waals surface area contributed by atoms with E-state index in [1.165, 1.54) is 114 Å². The van der Waals surface area contributed by atoms with Crippen molar-refractivity contribution in [3.63, 3.8) is 0 Å². The number of aromatic nitrogens is 2. The summed E-state index contributed by atoms with van der Waals surface area (Å²) in [6.07, 6.45) is 30.6. The van der Waals surface area contributed by atoms with E-state index in [1.807, 2.05) is 0 Å². The van der Waals surface area contributed by atoms with Crippen LogP contribution in [0.1, 0.15) is 103 Å². The lowest BCUT2D eigenvalue weighted by Crippen LogP contribution is -2.33. The van der Waals surface area contributed by atoms with E-state index in [0.717, 1.165) is 24.6 Å². The van der Waals surface area contributed by atoms with Crippen molar-refractivity contribution in [1.29, 1.82) is 0 Å². The third-order valence-corrected chi connectivity index (χ3v) is 7.40. The lowest BCUT2D eigenvalue weighted by atomic mass is 10.1. The van der Waals surface area contributed by atoms with Crippen LogP contribution in [0.15, 0.2) is 49.1 Å². The molecule has 0 fully saturated rings. The lowest BCUT2D eigenvalue weighted by Gasteiger charge is -2.03. The number of hydrogen-bond acceptors (Lipinski definition) is 2. The molecule has 190 valence electrons. The first kappa shape index (κ1) is 29.2. The largest absolute Gasteiger partial charge is 0.205 e. The van der Waals surface area contributed by atoms with Gasteiger partial charge in [-0.25, -0.2) is 9.13 Å². The summed E-state index contributed by atoms with van der Waals surface area (Å²) in [5.41, 5.74) is 2.62. The van der Waals surface area contributed by atoms with Gasteiger partial charge in [-0.05, 0) is 48.3 Å². The Hall–Kier alpha value is -1.00. The number of hydrogen-bond donors (Lipinski definition) is 2. The predicted octanol–water partition coefficient (Wildman–Crippen LogP) is 8.03. The van der Waals surface area contributed by atoms with Crippen molar-refractivity contribution >= 4 is 25.3 Å². The van der Waals surface area contributed by atoms with Crippen molar-refractivity contribution in [1.82, 2.24) is 0 Å². The molecule has 34 heavy (non-hydrogen) atoms. The summed E-state index contributed by atoms with van der Waals surface area (Å²) < 4.78 is 4.67. The van der Waals surface area contributed by atoms with Crippen LogP contribution in [0, 0.1) is 0 Å². The first-order chi connectivity index (χ1) is 16.8. The molecule has 0 saturated heterocycles. The molecule has 2 rings (SSSR count). The van der Waals surface area contributed by atoms with Crippen LogP contribution >= 0.6 is 25.3 Å². The van der Waals surface area contributed by atoms with Crippen LogP contribution in [0.25, 0.3) is 11.1 Å². The highest BCUT2D eigenvalue weighted by Gasteiger charge is 2.06. The molecular weight excluding hydrogens is 452 g/mol. The van der Waals surface area contributed by atoms with Crippen LogP contribution in [0.2, 0.25) is 0 Å². The van der Waals surface area contributed by atoms with Gasteiger partial charge in [-0.1, -0.05) is 64.2 Å². The highest BCUT2D eigenvalue weighted by atomic mass is 32.1. The second-order valence-corrected chi connectivity index (χ2v) is 10.6. The smallest absolute Gasteiger partial charge is 0.169 e. The van der Waals surface area contributed by atoms with E-state index in [4.69, 9.17) is 0 Å². The van der Waals surface area contributed by atoms with Gasteiger partial charge in [0.1, 0.15) is 13.1 Å². The third kappa shape index (κ3) is 13.8. The average molecular weight is 503 g/mol. The zero-order valence-electron chi connectivity index (χ0n) is 21.5. The molecule has 0 aliphatic heterocycles. The molecule has 0 spiro atoms. The Morgan fingerprint density at radius 3 is 0.941 bits per heavy atom. The molecule has 0 unspecified atom stereocenters. The Balaban J connectivity index is 1.57. The predicted molar refractivity (Wildman–Crippen MR) is 154 cm³/mol. The van der Waals surface area contributed by atoms with Crippen LogP contribution in [0.5, 0.6) is 0 Å². The van der Waals surface area contributed by atoms with Crippen LogP contribution in [-0.2, 0) is 13.1 Å². The summed E-state index contributed by atoms with van der Waals surface area (Å²) in [4.78, 5) is 0. The van der Waals surface area contributed by atoms with Gasteiger partial charge in [0, 0.05) is 37.1 Å². The number of pyridine rings is 2. The summed E-state index contributed by atoms with van der Waals surface area (Å²) in [6, 6.07) is 9.05. The molecular formula is C30H50N2S2+2. The quantitative estimate of drug-likeness (QED) is 0.0970. The van der Waals surface area contributed by atoms with Crippen LogP contribution in [0.3, 0.4) is 0 Å². The lowest BCUT2D eigenvalue weighted by molar-refractivity contribution is -0.697. The summed E-state index contributed by atoms with van der Waals surface area (Å²) in [7, 11) is 0. The summed E-state index contributed by atoms with van der Waals surface area (Å²) in [5, 5.41) is 0. The Morgan fingerprint density at radius 1 is 0.382 bits per heavy atom. The van der Waals surface area contributed by atoms with Crippen molar-refractivity contribution in [2.24, 2.45) is 0 Å². The maximum atomic E-state index is 4.28. The van der Waals surface area contributed by atoms with Gasteiger partial charge in [-0.3, -0.25) is 0 Å². The van der Waals surface area contributed by atoms with Crippen LogP contribution in [0.4, 0.5) is 0 Å². The van der Waals surface area contributed by atoms with E-state index in [2.05, 4.69) is 83.4 Å². The molecule has 2 aromatic heterocycles. The minimum absolute atomic E-state index is 1.04. The molecule has 0 atom stereocenters. The number of aryl methyl sites for hydroxylation is 2. The number of unbranched alkanes of at least 4 members (excludes halogenated alkanes) is 14. The molecule has 0 bridgehead atoms. The Bertz CT molecular complexity index is 652. The van der Waals surface area contributed by atoms with E-state index in [-0.39, 0.29) is 0 Å². The van der Waals surface area contributed by atoms with Crippen LogP contribution < -0.4 is 9.13 Å². The van der Waals surface area contributed by atoms with Crippen molar-refractivity contribution in [2.75, 3.05) is 11.5 Å². The molecule has 2 nitrogen and oxygen atoms in total. The first-order valence-electron chi connectivity index (χ1n) is 14.0. The molecule has 0 N–H and O–H groups in total. The summed E-state index contributed by atoms with van der Waals surface area (Å²) >= 11 is 8.56. The molecule has 0 aliphatic rings. The fraction of sp³-hybridized carbons (Fsp3) is 0.667. The van der Waals surface area contributed by atoms with E-state index in [0.29, 0.717) is 0 Å². The molecule has 2 aromatic rings.